The molecule has 4 amide bonds. The number of aliphatic hydroxyl groups is 3. The van der Waals surface area contributed by atoms with Crippen molar-refractivity contribution in [1.82, 2.24) is 9.80 Å². The molecule has 1 heterocycles. The highest BCUT2D eigenvalue weighted by Gasteiger charge is 2.42. The minimum Gasteiger partial charge on any atom is -0.387 e. The zero-order valence-corrected chi connectivity index (χ0v) is 9.24. The molecule has 2 atom stereocenters. The summed E-state index contributed by atoms with van der Waals surface area (Å²) in [5, 5.41) is 27.0. The van der Waals surface area contributed by atoms with E-state index in [2.05, 4.69) is 0 Å². The Hall–Kier alpha value is -1.51. The Bertz CT molecular complexity index is 344. The van der Waals surface area contributed by atoms with Crippen LogP contribution in [-0.2, 0) is 9.59 Å². The fourth-order valence-electron chi connectivity index (χ4n) is 1.58. The number of imide groups is 2. The molecule has 0 aromatic rings. The van der Waals surface area contributed by atoms with Gasteiger partial charge < -0.3 is 15.3 Å². The number of rotatable bonds is 2. The van der Waals surface area contributed by atoms with E-state index in [4.69, 9.17) is 10.2 Å². The predicted molar refractivity (Wildman–Crippen MR) is 53.3 cm³/mol. The molecular weight excluding hydrogens is 232 g/mol. The standard InChI is InChI=1S/C9H14N2O6/c1-5-2-10(6(14)3-12)9(17)11(8(5)16)7(15)4-13/h5,8,12-13,16H,2-4H2,1H3. The second-order valence-electron chi connectivity index (χ2n) is 3.76. The molecule has 0 aromatic heterocycles. The molecular formula is C9H14N2O6. The SMILES string of the molecule is CC1CN(C(=O)CO)C(=O)N(C(=O)CO)C1O. The molecule has 1 rings (SSSR count). The van der Waals surface area contributed by atoms with Crippen LogP contribution in [0.5, 0.6) is 0 Å². The van der Waals surface area contributed by atoms with Crippen LogP contribution in [0.3, 0.4) is 0 Å². The fourth-order valence-corrected chi connectivity index (χ4v) is 1.58. The van der Waals surface area contributed by atoms with Crippen LogP contribution in [0.25, 0.3) is 0 Å². The molecule has 3 N–H and O–H groups in total. The molecule has 1 fully saturated rings. The second kappa shape index (κ2) is 5.21. The van der Waals surface area contributed by atoms with Crippen molar-refractivity contribution >= 4 is 17.8 Å². The van der Waals surface area contributed by atoms with E-state index < -0.39 is 43.2 Å². The van der Waals surface area contributed by atoms with Gasteiger partial charge in [0.05, 0.1) is 0 Å². The lowest BCUT2D eigenvalue weighted by atomic mass is 10.1. The molecule has 96 valence electrons. The monoisotopic (exact) mass is 246 g/mol. The average molecular weight is 246 g/mol. The maximum Gasteiger partial charge on any atom is 0.335 e. The molecule has 1 aliphatic heterocycles. The summed E-state index contributed by atoms with van der Waals surface area (Å²) in [5.41, 5.74) is 0. The van der Waals surface area contributed by atoms with Gasteiger partial charge in [0.2, 0.25) is 0 Å². The van der Waals surface area contributed by atoms with Gasteiger partial charge in [-0.3, -0.25) is 14.5 Å². The van der Waals surface area contributed by atoms with Crippen molar-refractivity contribution in [3.63, 3.8) is 0 Å². The summed E-state index contributed by atoms with van der Waals surface area (Å²) in [4.78, 5) is 35.3. The molecule has 0 bridgehead atoms. The first-order valence-electron chi connectivity index (χ1n) is 5.00. The first-order valence-corrected chi connectivity index (χ1v) is 5.00. The van der Waals surface area contributed by atoms with Gasteiger partial charge in [-0.05, 0) is 0 Å². The first kappa shape index (κ1) is 13.6. The highest BCUT2D eigenvalue weighted by atomic mass is 16.3. The Kier molecular flexibility index (Phi) is 4.16. The zero-order valence-electron chi connectivity index (χ0n) is 9.24. The maximum absolute atomic E-state index is 11.7. The lowest BCUT2D eigenvalue weighted by molar-refractivity contribution is -0.150. The molecule has 0 saturated carbocycles. The third kappa shape index (κ3) is 2.43. The zero-order chi connectivity index (χ0) is 13.2. The van der Waals surface area contributed by atoms with Crippen LogP contribution in [0, 0.1) is 5.92 Å². The molecule has 0 radical (unpaired) electrons. The van der Waals surface area contributed by atoms with E-state index in [0.29, 0.717) is 9.80 Å². The Labute approximate surface area is 97.0 Å². The van der Waals surface area contributed by atoms with Crippen LogP contribution in [0.1, 0.15) is 6.92 Å². The number of hydrogen-bond donors (Lipinski definition) is 3. The molecule has 17 heavy (non-hydrogen) atoms. The van der Waals surface area contributed by atoms with Gasteiger partial charge in [-0.25, -0.2) is 9.69 Å². The van der Waals surface area contributed by atoms with Crippen LogP contribution in [0.4, 0.5) is 4.79 Å². The van der Waals surface area contributed by atoms with Gasteiger partial charge in [-0.2, -0.15) is 0 Å². The summed E-state index contributed by atoms with van der Waals surface area (Å²) >= 11 is 0. The third-order valence-corrected chi connectivity index (χ3v) is 2.52. The van der Waals surface area contributed by atoms with Gasteiger partial charge in [0.1, 0.15) is 19.4 Å². The van der Waals surface area contributed by atoms with Crippen LogP contribution in [0.15, 0.2) is 0 Å². The van der Waals surface area contributed by atoms with Crippen LogP contribution in [0.2, 0.25) is 0 Å². The van der Waals surface area contributed by atoms with E-state index in [1.807, 2.05) is 0 Å². The van der Waals surface area contributed by atoms with Gasteiger partial charge >= 0.3 is 6.03 Å². The minimum absolute atomic E-state index is 0.0887. The molecule has 8 heteroatoms. The molecule has 8 nitrogen and oxygen atoms in total. The molecule has 2 unspecified atom stereocenters. The summed E-state index contributed by atoms with van der Waals surface area (Å²) in [7, 11) is 0. The van der Waals surface area contributed by atoms with Gasteiger partial charge in [-0.1, -0.05) is 6.92 Å². The van der Waals surface area contributed by atoms with E-state index in [9.17, 15) is 19.5 Å². The predicted octanol–water partition coefficient (Wildman–Crippen LogP) is -2.28. The van der Waals surface area contributed by atoms with Crippen molar-refractivity contribution in [3.05, 3.63) is 0 Å². The highest BCUT2D eigenvalue weighted by Crippen LogP contribution is 2.20. The molecule has 0 aliphatic carbocycles. The lowest BCUT2D eigenvalue weighted by Gasteiger charge is -2.39. The highest BCUT2D eigenvalue weighted by molar-refractivity contribution is 6.03. The Morgan fingerprint density at radius 2 is 1.82 bits per heavy atom. The van der Waals surface area contributed by atoms with E-state index in [1.54, 1.807) is 0 Å². The number of nitrogens with zero attached hydrogens (tertiary/aromatic N) is 2. The number of carbonyl (C=O) groups excluding carboxylic acids is 3. The van der Waals surface area contributed by atoms with Crippen molar-refractivity contribution in [1.29, 1.82) is 0 Å². The summed E-state index contributed by atoms with van der Waals surface area (Å²) in [5.74, 6) is -2.41. The van der Waals surface area contributed by atoms with Crippen molar-refractivity contribution in [3.8, 4) is 0 Å². The molecule has 1 aliphatic rings. The van der Waals surface area contributed by atoms with E-state index >= 15 is 0 Å². The molecule has 0 aromatic carbocycles. The Morgan fingerprint density at radius 1 is 1.29 bits per heavy atom. The van der Waals surface area contributed by atoms with Gasteiger partial charge in [0, 0.05) is 12.5 Å². The number of hydrogen-bond acceptors (Lipinski definition) is 6. The topological polar surface area (TPSA) is 118 Å². The van der Waals surface area contributed by atoms with Crippen molar-refractivity contribution < 1.29 is 29.7 Å². The van der Waals surface area contributed by atoms with Gasteiger partial charge in [0.25, 0.3) is 11.8 Å². The molecule has 1 saturated heterocycles. The Morgan fingerprint density at radius 3 is 2.29 bits per heavy atom. The summed E-state index contributed by atoms with van der Waals surface area (Å²) in [6, 6.07) is -1.03. The normalized spacial score (nSPS) is 25.1. The van der Waals surface area contributed by atoms with Gasteiger partial charge in [0.15, 0.2) is 0 Å². The van der Waals surface area contributed by atoms with E-state index in [-0.39, 0.29) is 6.54 Å². The Balaban J connectivity index is 2.99. The third-order valence-electron chi connectivity index (χ3n) is 2.52. The van der Waals surface area contributed by atoms with Crippen molar-refractivity contribution in [2.75, 3.05) is 19.8 Å². The smallest absolute Gasteiger partial charge is 0.335 e. The summed E-state index contributed by atoms with van der Waals surface area (Å²) in [6.45, 7) is -0.368. The average Bonchev–Trinajstić information content (AvgIpc) is 2.32. The largest absolute Gasteiger partial charge is 0.387 e. The number of carbonyl (C=O) groups is 3. The first-order chi connectivity index (χ1) is 7.93. The second-order valence-corrected chi connectivity index (χ2v) is 3.76. The van der Waals surface area contributed by atoms with Crippen molar-refractivity contribution in [2.45, 2.75) is 13.2 Å². The number of urea groups is 1. The maximum atomic E-state index is 11.7. The number of amides is 4. The van der Waals surface area contributed by atoms with E-state index in [0.717, 1.165) is 0 Å². The molecule has 0 spiro atoms. The summed E-state index contributed by atoms with van der Waals surface area (Å²) < 4.78 is 0. The van der Waals surface area contributed by atoms with Gasteiger partial charge in [-0.15, -0.1) is 0 Å². The number of aliphatic hydroxyl groups excluding tert-OH is 3. The quantitative estimate of drug-likeness (QED) is 0.505. The fraction of sp³-hybridized carbons (Fsp3) is 0.667. The van der Waals surface area contributed by atoms with E-state index in [1.165, 1.54) is 6.92 Å². The van der Waals surface area contributed by atoms with Crippen LogP contribution in [-0.4, -0.2) is 69.0 Å². The minimum atomic E-state index is -1.38. The van der Waals surface area contributed by atoms with Crippen molar-refractivity contribution in [2.24, 2.45) is 5.92 Å². The summed E-state index contributed by atoms with van der Waals surface area (Å²) in [6.07, 6.45) is -1.38. The van der Waals surface area contributed by atoms with Crippen LogP contribution >= 0.6 is 0 Å². The van der Waals surface area contributed by atoms with Crippen LogP contribution < -0.4 is 0 Å². The lowest BCUT2D eigenvalue weighted by Crippen LogP contribution is -2.62.